The van der Waals surface area contributed by atoms with Crippen LogP contribution in [0.15, 0.2) is 73.3 Å². The summed E-state index contributed by atoms with van der Waals surface area (Å²) in [5.41, 5.74) is 1.81. The molecule has 0 aliphatic rings. The van der Waals surface area contributed by atoms with Gasteiger partial charge < -0.3 is 4.84 Å². The lowest BCUT2D eigenvalue weighted by atomic mass is 9.95. The Bertz CT molecular complexity index is 640. The van der Waals surface area contributed by atoms with Crippen LogP contribution in [0.25, 0.3) is 0 Å². The molecule has 0 spiro atoms. The first-order valence-corrected chi connectivity index (χ1v) is 8.92. The van der Waals surface area contributed by atoms with Crippen LogP contribution in [0.4, 0.5) is 0 Å². The van der Waals surface area contributed by atoms with Crippen molar-refractivity contribution in [3.8, 4) is 0 Å². The van der Waals surface area contributed by atoms with Crippen LogP contribution in [0, 0.1) is 0 Å². The monoisotopic (exact) mass is 337 g/mol. The van der Waals surface area contributed by atoms with Gasteiger partial charge in [0.2, 0.25) is 0 Å². The third kappa shape index (κ3) is 6.20. The SMILES string of the molecule is C=CCC(CN(CCCC)OC(=O)c1ccccc1)c1ccccc1. The Balaban J connectivity index is 2.09. The van der Waals surface area contributed by atoms with E-state index in [9.17, 15) is 4.79 Å². The van der Waals surface area contributed by atoms with Crippen molar-refractivity contribution in [1.82, 2.24) is 5.06 Å². The van der Waals surface area contributed by atoms with Gasteiger partial charge in [-0.1, -0.05) is 68.0 Å². The van der Waals surface area contributed by atoms with Gasteiger partial charge >= 0.3 is 5.97 Å². The van der Waals surface area contributed by atoms with E-state index in [0.717, 1.165) is 25.8 Å². The lowest BCUT2D eigenvalue weighted by molar-refractivity contribution is -0.113. The van der Waals surface area contributed by atoms with E-state index in [-0.39, 0.29) is 11.9 Å². The summed E-state index contributed by atoms with van der Waals surface area (Å²) in [6, 6.07) is 19.5. The zero-order valence-corrected chi connectivity index (χ0v) is 14.9. The predicted molar refractivity (Wildman–Crippen MR) is 102 cm³/mol. The average molecular weight is 337 g/mol. The van der Waals surface area contributed by atoms with Gasteiger partial charge in [-0.2, -0.15) is 0 Å². The van der Waals surface area contributed by atoms with Crippen molar-refractivity contribution in [2.75, 3.05) is 13.1 Å². The number of allylic oxidation sites excluding steroid dienone is 1. The van der Waals surface area contributed by atoms with Gasteiger partial charge in [0.25, 0.3) is 0 Å². The minimum absolute atomic E-state index is 0.249. The maximum atomic E-state index is 12.4. The Labute approximate surface area is 150 Å². The van der Waals surface area contributed by atoms with Crippen LogP contribution in [0.5, 0.6) is 0 Å². The van der Waals surface area contributed by atoms with E-state index in [4.69, 9.17) is 4.84 Å². The summed E-state index contributed by atoms with van der Waals surface area (Å²) < 4.78 is 0. The summed E-state index contributed by atoms with van der Waals surface area (Å²) in [6.45, 7) is 7.41. The number of nitrogens with zero attached hydrogens (tertiary/aromatic N) is 1. The van der Waals surface area contributed by atoms with E-state index in [1.165, 1.54) is 5.56 Å². The molecular weight excluding hydrogens is 310 g/mol. The van der Waals surface area contributed by atoms with Gasteiger partial charge in [-0.05, 0) is 30.5 Å². The summed E-state index contributed by atoms with van der Waals surface area (Å²) >= 11 is 0. The first-order chi connectivity index (χ1) is 12.2. The molecule has 0 aliphatic heterocycles. The highest BCUT2D eigenvalue weighted by Gasteiger charge is 2.19. The first kappa shape index (κ1) is 18.9. The molecule has 0 N–H and O–H groups in total. The molecule has 132 valence electrons. The van der Waals surface area contributed by atoms with Gasteiger partial charge in [0, 0.05) is 19.0 Å². The second kappa shape index (κ2) is 10.5. The van der Waals surface area contributed by atoms with Crippen molar-refractivity contribution < 1.29 is 9.63 Å². The molecule has 0 aromatic heterocycles. The summed E-state index contributed by atoms with van der Waals surface area (Å²) in [5.74, 6) is -0.0544. The Kier molecular flexibility index (Phi) is 7.93. The van der Waals surface area contributed by atoms with Crippen molar-refractivity contribution in [3.63, 3.8) is 0 Å². The fourth-order valence-corrected chi connectivity index (χ4v) is 2.74. The van der Waals surface area contributed by atoms with Crippen LogP contribution in [0.3, 0.4) is 0 Å². The highest BCUT2D eigenvalue weighted by molar-refractivity contribution is 5.89. The molecular formula is C22H27NO2. The van der Waals surface area contributed by atoms with E-state index in [1.807, 2.05) is 42.5 Å². The van der Waals surface area contributed by atoms with Crippen LogP contribution < -0.4 is 0 Å². The number of carbonyl (C=O) groups is 1. The molecule has 0 aliphatic carbocycles. The highest BCUT2D eigenvalue weighted by atomic mass is 16.7. The summed E-state index contributed by atoms with van der Waals surface area (Å²) in [4.78, 5) is 18.1. The number of unbranched alkanes of at least 4 members (excludes halogenated alkanes) is 1. The molecule has 1 unspecified atom stereocenters. The number of rotatable bonds is 10. The van der Waals surface area contributed by atoms with Crippen LogP contribution in [-0.2, 0) is 4.84 Å². The Morgan fingerprint density at radius 1 is 1.12 bits per heavy atom. The van der Waals surface area contributed by atoms with Gasteiger partial charge in [-0.25, -0.2) is 4.79 Å². The molecule has 2 aromatic carbocycles. The molecule has 2 aromatic rings. The molecule has 25 heavy (non-hydrogen) atoms. The zero-order valence-electron chi connectivity index (χ0n) is 14.9. The van der Waals surface area contributed by atoms with Crippen molar-refractivity contribution in [2.24, 2.45) is 0 Å². The second-order valence-corrected chi connectivity index (χ2v) is 6.12. The molecule has 0 radical (unpaired) electrons. The third-order valence-electron chi connectivity index (χ3n) is 4.13. The van der Waals surface area contributed by atoms with Gasteiger partial charge in [0.05, 0.1) is 5.56 Å². The van der Waals surface area contributed by atoms with Crippen molar-refractivity contribution >= 4 is 5.97 Å². The fraction of sp³-hybridized carbons (Fsp3) is 0.318. The number of hydrogen-bond acceptors (Lipinski definition) is 3. The van der Waals surface area contributed by atoms with Crippen LogP contribution in [0.2, 0.25) is 0 Å². The lowest BCUT2D eigenvalue weighted by Gasteiger charge is -2.26. The van der Waals surface area contributed by atoms with Gasteiger partial charge in [0.15, 0.2) is 0 Å². The molecule has 2 rings (SSSR count). The Morgan fingerprint density at radius 3 is 2.36 bits per heavy atom. The van der Waals surface area contributed by atoms with E-state index in [0.29, 0.717) is 12.1 Å². The maximum absolute atomic E-state index is 12.4. The lowest BCUT2D eigenvalue weighted by Crippen LogP contribution is -2.32. The minimum atomic E-state index is -0.304. The smallest absolute Gasteiger partial charge is 0.357 e. The molecule has 0 fully saturated rings. The normalized spacial score (nSPS) is 11.9. The number of hydroxylamine groups is 2. The van der Waals surface area contributed by atoms with Crippen LogP contribution in [-0.4, -0.2) is 24.1 Å². The molecule has 0 saturated carbocycles. The molecule has 0 amide bonds. The minimum Gasteiger partial charge on any atom is -0.364 e. The summed E-state index contributed by atoms with van der Waals surface area (Å²) in [7, 11) is 0. The third-order valence-corrected chi connectivity index (χ3v) is 4.13. The maximum Gasteiger partial charge on any atom is 0.357 e. The Hall–Kier alpha value is -2.39. The van der Waals surface area contributed by atoms with Gasteiger partial charge in [0.1, 0.15) is 0 Å². The van der Waals surface area contributed by atoms with E-state index in [2.05, 4.69) is 25.6 Å². The molecule has 3 nitrogen and oxygen atoms in total. The van der Waals surface area contributed by atoms with E-state index < -0.39 is 0 Å². The summed E-state index contributed by atoms with van der Waals surface area (Å²) in [5, 5.41) is 1.81. The predicted octanol–water partition coefficient (Wildman–Crippen LogP) is 5.22. The van der Waals surface area contributed by atoms with E-state index in [1.54, 1.807) is 17.2 Å². The van der Waals surface area contributed by atoms with Crippen LogP contribution >= 0.6 is 0 Å². The van der Waals surface area contributed by atoms with Gasteiger partial charge in [-0.15, -0.1) is 11.6 Å². The van der Waals surface area contributed by atoms with Crippen molar-refractivity contribution in [1.29, 1.82) is 0 Å². The van der Waals surface area contributed by atoms with E-state index >= 15 is 0 Å². The van der Waals surface area contributed by atoms with Crippen molar-refractivity contribution in [3.05, 3.63) is 84.4 Å². The van der Waals surface area contributed by atoms with Crippen molar-refractivity contribution in [2.45, 2.75) is 32.1 Å². The average Bonchev–Trinajstić information content (AvgIpc) is 2.67. The quantitative estimate of drug-likeness (QED) is 0.440. The molecule has 1 atom stereocenters. The fourth-order valence-electron chi connectivity index (χ4n) is 2.74. The zero-order chi connectivity index (χ0) is 17.9. The molecule has 0 heterocycles. The Morgan fingerprint density at radius 2 is 1.76 bits per heavy atom. The topological polar surface area (TPSA) is 29.5 Å². The molecule has 0 bridgehead atoms. The highest BCUT2D eigenvalue weighted by Crippen LogP contribution is 2.22. The number of carbonyl (C=O) groups excluding carboxylic acids is 1. The molecule has 3 heteroatoms. The first-order valence-electron chi connectivity index (χ1n) is 8.92. The summed E-state index contributed by atoms with van der Waals surface area (Å²) in [6.07, 6.45) is 4.80. The number of hydrogen-bond donors (Lipinski definition) is 0. The number of benzene rings is 2. The standard InChI is InChI=1S/C22H27NO2/c1-3-5-17-23(25-22(24)20-15-10-7-11-16-20)18-21(12-4-2)19-13-8-6-9-14-19/h4,6-11,13-16,21H,2-3,5,12,17-18H2,1H3. The van der Waals surface area contributed by atoms with Crippen LogP contribution in [0.1, 0.15) is 48.0 Å². The van der Waals surface area contributed by atoms with Gasteiger partial charge in [-0.3, -0.25) is 0 Å². The second-order valence-electron chi connectivity index (χ2n) is 6.12. The molecule has 0 saturated heterocycles. The largest absolute Gasteiger partial charge is 0.364 e.